The molecule has 0 radical (unpaired) electrons. The summed E-state index contributed by atoms with van der Waals surface area (Å²) < 4.78 is 33.1. The zero-order valence-corrected chi connectivity index (χ0v) is 26.2. The molecular weight excluding hydrogens is 600 g/mol. The zero-order chi connectivity index (χ0) is 31.8. The molecule has 1 aliphatic carbocycles. The number of unbranched alkanes of at least 4 members (excludes halogenated alkanes) is 1. The molecule has 0 N–H and O–H groups in total. The third-order valence-electron chi connectivity index (χ3n) is 8.20. The fourth-order valence-corrected chi connectivity index (χ4v) is 5.40. The molecule has 2 aliphatic heterocycles. The fourth-order valence-electron chi connectivity index (χ4n) is 5.40. The second-order valence-corrected chi connectivity index (χ2v) is 11.9. The van der Waals surface area contributed by atoms with Crippen LogP contribution in [0.5, 0.6) is 23.0 Å². The number of ether oxygens (including phenoxy) is 6. The number of rotatable bonds is 18. The zero-order valence-electron chi connectivity index (χ0n) is 26.2. The van der Waals surface area contributed by atoms with Gasteiger partial charge in [0, 0.05) is 13.0 Å². The summed E-state index contributed by atoms with van der Waals surface area (Å²) >= 11 is 0. The number of carbonyl (C=O) groups is 1. The third-order valence-corrected chi connectivity index (χ3v) is 8.20. The molecule has 0 bridgehead atoms. The number of hydrogen-bond donors (Lipinski definition) is 0. The highest BCUT2D eigenvalue weighted by atomic mass is 17.2. The van der Waals surface area contributed by atoms with E-state index in [4.69, 9.17) is 38.2 Å². The van der Waals surface area contributed by atoms with E-state index in [1.165, 1.54) is 0 Å². The quantitative estimate of drug-likeness (QED) is 0.0258. The van der Waals surface area contributed by atoms with Crippen LogP contribution in [0.15, 0.2) is 84.9 Å². The minimum atomic E-state index is -0.412. The number of carbonyl (C=O) groups excluding carboxylic acids is 1. The highest BCUT2D eigenvalue weighted by Gasteiger charge is 2.23. The molecule has 3 aliphatic rings. The maximum Gasteiger partial charge on any atom is 0.343 e. The van der Waals surface area contributed by atoms with Gasteiger partial charge in [-0.3, -0.25) is 0 Å². The molecule has 2 unspecified atom stereocenters. The Morgan fingerprint density at radius 3 is 2.02 bits per heavy atom. The average Bonchev–Trinajstić information content (AvgIpc) is 4.03. The molecule has 0 amide bonds. The van der Waals surface area contributed by atoms with Crippen molar-refractivity contribution in [2.24, 2.45) is 0 Å². The molecule has 9 nitrogen and oxygen atoms in total. The van der Waals surface area contributed by atoms with Crippen molar-refractivity contribution in [3.05, 3.63) is 107 Å². The molecule has 2 atom stereocenters. The topological polar surface area (TPSA) is 97.5 Å². The van der Waals surface area contributed by atoms with Crippen molar-refractivity contribution < 1.29 is 43.0 Å². The number of epoxide rings is 2. The molecule has 2 heterocycles. The molecule has 0 aromatic heterocycles. The Labute approximate surface area is 274 Å². The van der Waals surface area contributed by atoms with Crippen LogP contribution in [-0.4, -0.2) is 57.8 Å². The molecule has 47 heavy (non-hydrogen) atoms. The van der Waals surface area contributed by atoms with Crippen LogP contribution in [0.4, 0.5) is 0 Å². The van der Waals surface area contributed by atoms with E-state index >= 15 is 0 Å². The van der Waals surface area contributed by atoms with Gasteiger partial charge in [-0.05, 0) is 108 Å². The second kappa shape index (κ2) is 15.0. The molecule has 0 saturated carbocycles. The van der Waals surface area contributed by atoms with Crippen LogP contribution in [0.2, 0.25) is 0 Å². The van der Waals surface area contributed by atoms with E-state index in [1.54, 1.807) is 24.3 Å². The molecule has 0 spiro atoms. The Morgan fingerprint density at radius 1 is 0.681 bits per heavy atom. The maximum absolute atomic E-state index is 12.8. The Morgan fingerprint density at radius 2 is 1.30 bits per heavy atom. The molecule has 244 valence electrons. The largest absolute Gasteiger partial charge is 0.494 e. The first-order valence-corrected chi connectivity index (χ1v) is 16.2. The minimum absolute atomic E-state index is 0.306. The fraction of sp³-hybridized carbons (Fsp3) is 0.342. The lowest BCUT2D eigenvalue weighted by molar-refractivity contribution is -0.217. The standard InChI is InChI=1S/C38H38O9/c39-38(27-5-9-31(10-6-27)42-18-15-34-24-43-34)46-32-11-13-36-28(20-32)19-29-21-33(12-14-37(29)36)47-45-22-26-3-7-30(8-4-26)41-17-2-1-16-40-23-35-25-44-35/h3-14,20-21,34-35H,1-2,15-19,22-25H2. The Hall–Kier alpha value is -4.41. The van der Waals surface area contributed by atoms with Gasteiger partial charge in [-0.2, -0.15) is 4.89 Å². The van der Waals surface area contributed by atoms with Gasteiger partial charge in [-0.25, -0.2) is 4.79 Å². The van der Waals surface area contributed by atoms with Crippen LogP contribution in [0, 0.1) is 0 Å². The number of esters is 1. The molecule has 7 rings (SSSR count). The Bertz CT molecular complexity index is 1640. The van der Waals surface area contributed by atoms with Gasteiger partial charge >= 0.3 is 5.97 Å². The van der Waals surface area contributed by atoms with E-state index in [0.717, 1.165) is 78.4 Å². The number of hydrogen-bond acceptors (Lipinski definition) is 9. The summed E-state index contributed by atoms with van der Waals surface area (Å²) in [6, 6.07) is 26.5. The molecule has 4 aromatic carbocycles. The molecular formula is C38H38O9. The van der Waals surface area contributed by atoms with Gasteiger partial charge in [0.25, 0.3) is 0 Å². The maximum atomic E-state index is 12.8. The van der Waals surface area contributed by atoms with Crippen LogP contribution in [0.25, 0.3) is 11.1 Å². The SMILES string of the molecule is O=C(Oc1ccc2c(c1)Cc1cc(OOCc3ccc(OCCCCOCC4CO4)cc3)ccc1-2)c1ccc(OCCC2CO2)cc1. The molecule has 9 heteroatoms. The van der Waals surface area contributed by atoms with E-state index < -0.39 is 5.97 Å². The molecule has 4 aromatic rings. The van der Waals surface area contributed by atoms with Crippen molar-refractivity contribution in [3.63, 3.8) is 0 Å². The number of benzene rings is 4. The van der Waals surface area contributed by atoms with Gasteiger partial charge in [0.15, 0.2) is 5.75 Å². The van der Waals surface area contributed by atoms with Crippen LogP contribution < -0.4 is 19.1 Å². The van der Waals surface area contributed by atoms with Crippen molar-refractivity contribution in [2.75, 3.05) is 39.6 Å². The van der Waals surface area contributed by atoms with E-state index in [2.05, 4.69) is 0 Å². The minimum Gasteiger partial charge on any atom is -0.494 e. The first-order chi connectivity index (χ1) is 23.2. The monoisotopic (exact) mass is 638 g/mol. The lowest BCUT2D eigenvalue weighted by atomic mass is 10.1. The molecule has 2 saturated heterocycles. The normalized spacial score (nSPS) is 17.0. The summed E-state index contributed by atoms with van der Waals surface area (Å²) in [6.07, 6.45) is 4.12. The number of fused-ring (bicyclic) bond motifs is 3. The van der Waals surface area contributed by atoms with Crippen molar-refractivity contribution >= 4 is 5.97 Å². The van der Waals surface area contributed by atoms with E-state index in [9.17, 15) is 4.79 Å². The van der Waals surface area contributed by atoms with Gasteiger partial charge in [0.1, 0.15) is 30.0 Å². The first-order valence-electron chi connectivity index (χ1n) is 16.2. The summed E-state index contributed by atoms with van der Waals surface area (Å²) in [5.41, 5.74) is 5.90. The Kier molecular flexibility index (Phi) is 9.96. The van der Waals surface area contributed by atoms with Crippen molar-refractivity contribution in [1.82, 2.24) is 0 Å². The summed E-state index contributed by atoms with van der Waals surface area (Å²) in [5.74, 6) is 2.27. The summed E-state index contributed by atoms with van der Waals surface area (Å²) in [7, 11) is 0. The lowest BCUT2D eigenvalue weighted by Crippen LogP contribution is -2.08. The van der Waals surface area contributed by atoms with Gasteiger partial charge in [-0.1, -0.05) is 24.3 Å². The first kappa shape index (κ1) is 31.2. The summed E-state index contributed by atoms with van der Waals surface area (Å²) in [5, 5.41) is 0. The van der Waals surface area contributed by atoms with Gasteiger partial charge in [0.05, 0.1) is 44.7 Å². The smallest absolute Gasteiger partial charge is 0.343 e. The van der Waals surface area contributed by atoms with Crippen molar-refractivity contribution in [1.29, 1.82) is 0 Å². The second-order valence-electron chi connectivity index (χ2n) is 11.9. The van der Waals surface area contributed by atoms with E-state index in [1.807, 2.05) is 60.7 Å². The highest BCUT2D eigenvalue weighted by Crippen LogP contribution is 2.40. The predicted molar refractivity (Wildman–Crippen MR) is 173 cm³/mol. The van der Waals surface area contributed by atoms with Gasteiger partial charge in [0.2, 0.25) is 0 Å². The van der Waals surface area contributed by atoms with Crippen molar-refractivity contribution in [2.45, 2.75) is 44.5 Å². The summed E-state index contributed by atoms with van der Waals surface area (Å²) in [6.45, 7) is 4.62. The van der Waals surface area contributed by atoms with Crippen LogP contribution in [-0.2, 0) is 32.1 Å². The third kappa shape index (κ3) is 8.90. The van der Waals surface area contributed by atoms with Gasteiger partial charge < -0.3 is 33.3 Å². The Balaban J connectivity index is 0.838. The molecule has 2 fully saturated rings. The van der Waals surface area contributed by atoms with Crippen LogP contribution in [0.1, 0.15) is 46.3 Å². The van der Waals surface area contributed by atoms with E-state index in [0.29, 0.717) is 62.1 Å². The predicted octanol–water partition coefficient (Wildman–Crippen LogP) is 6.73. The summed E-state index contributed by atoms with van der Waals surface area (Å²) in [4.78, 5) is 24.0. The van der Waals surface area contributed by atoms with Gasteiger partial charge in [-0.15, -0.1) is 0 Å². The highest BCUT2D eigenvalue weighted by molar-refractivity contribution is 5.91. The van der Waals surface area contributed by atoms with E-state index in [-0.39, 0.29) is 0 Å². The van der Waals surface area contributed by atoms with Crippen LogP contribution in [0.3, 0.4) is 0 Å². The lowest BCUT2D eigenvalue weighted by Gasteiger charge is -2.09. The average molecular weight is 639 g/mol. The van der Waals surface area contributed by atoms with Crippen molar-refractivity contribution in [3.8, 4) is 34.1 Å². The van der Waals surface area contributed by atoms with Crippen LogP contribution >= 0.6 is 0 Å².